The lowest BCUT2D eigenvalue weighted by Crippen LogP contribution is -2.47. The van der Waals surface area contributed by atoms with Crippen molar-refractivity contribution in [3.05, 3.63) is 17.4 Å². The summed E-state index contributed by atoms with van der Waals surface area (Å²) >= 11 is 0. The van der Waals surface area contributed by atoms with Gasteiger partial charge in [0.15, 0.2) is 0 Å². The summed E-state index contributed by atoms with van der Waals surface area (Å²) in [5.74, 6) is 0. The van der Waals surface area contributed by atoms with Crippen molar-refractivity contribution < 1.29 is 20.1 Å². The Balaban J connectivity index is 2.97. The van der Waals surface area contributed by atoms with Crippen LogP contribution in [0.5, 0.6) is 0 Å². The molecule has 1 aliphatic rings. The van der Waals surface area contributed by atoms with Crippen molar-refractivity contribution in [3.63, 3.8) is 0 Å². The molecule has 15 heavy (non-hydrogen) atoms. The van der Waals surface area contributed by atoms with Gasteiger partial charge in [0.1, 0.15) is 25.7 Å². The Kier molecular flexibility index (Phi) is 3.76. The molecule has 5 heteroatoms. The van der Waals surface area contributed by atoms with Crippen molar-refractivity contribution >= 4 is 7.85 Å². The maximum Gasteiger partial charge on any atom is 0.136 e. The van der Waals surface area contributed by atoms with E-state index >= 15 is 0 Å². The average Bonchev–Trinajstić information content (AvgIpc) is 2.40. The standard InChI is InChI=1S/C10H15BO4/c1-6(2)3-4-10(14)8(13)7(5-12)15-9(10)11/h4,7-9,12-14H,5H2,1-2H3/t7-,8?,9-,10?/m1/s1. The van der Waals surface area contributed by atoms with Gasteiger partial charge >= 0.3 is 0 Å². The van der Waals surface area contributed by atoms with Gasteiger partial charge in [-0.1, -0.05) is 0 Å². The molecule has 2 unspecified atom stereocenters. The van der Waals surface area contributed by atoms with Gasteiger partial charge in [0.05, 0.1) is 12.6 Å². The molecule has 1 fully saturated rings. The van der Waals surface area contributed by atoms with Crippen LogP contribution in [0.15, 0.2) is 17.4 Å². The number of hydrogen-bond acceptors (Lipinski definition) is 4. The normalized spacial score (nSPS) is 39.9. The first-order valence-electron chi connectivity index (χ1n) is 4.75. The van der Waals surface area contributed by atoms with Gasteiger partial charge < -0.3 is 20.1 Å². The van der Waals surface area contributed by atoms with Gasteiger partial charge in [-0.05, 0) is 25.5 Å². The molecule has 1 saturated heterocycles. The molecule has 1 rings (SSSR count). The summed E-state index contributed by atoms with van der Waals surface area (Å²) in [6.07, 6.45) is -0.822. The smallest absolute Gasteiger partial charge is 0.136 e. The second-order valence-corrected chi connectivity index (χ2v) is 3.90. The van der Waals surface area contributed by atoms with E-state index in [0.717, 1.165) is 5.57 Å². The van der Waals surface area contributed by atoms with E-state index < -0.39 is 23.8 Å². The highest BCUT2D eigenvalue weighted by atomic mass is 16.6. The molecule has 1 aliphatic heterocycles. The zero-order chi connectivity index (χ0) is 11.6. The Morgan fingerprint density at radius 1 is 1.60 bits per heavy atom. The lowest BCUT2D eigenvalue weighted by molar-refractivity contribution is -0.0285. The Labute approximate surface area is 90.3 Å². The third kappa shape index (κ3) is 2.33. The average molecular weight is 210 g/mol. The van der Waals surface area contributed by atoms with E-state index in [4.69, 9.17) is 17.7 Å². The van der Waals surface area contributed by atoms with Gasteiger partial charge in [-0.3, -0.25) is 0 Å². The van der Waals surface area contributed by atoms with Crippen molar-refractivity contribution in [2.45, 2.75) is 37.7 Å². The number of aliphatic hydroxyl groups is 3. The third-order valence-electron chi connectivity index (χ3n) is 2.38. The van der Waals surface area contributed by atoms with E-state index in [1.54, 1.807) is 13.8 Å². The second-order valence-electron chi connectivity index (χ2n) is 3.90. The molecule has 0 bridgehead atoms. The van der Waals surface area contributed by atoms with E-state index in [0.29, 0.717) is 0 Å². The number of ether oxygens (including phenoxy) is 1. The van der Waals surface area contributed by atoms with Crippen molar-refractivity contribution in [1.29, 1.82) is 0 Å². The van der Waals surface area contributed by atoms with Gasteiger partial charge in [-0.25, -0.2) is 0 Å². The quantitative estimate of drug-likeness (QED) is 0.407. The topological polar surface area (TPSA) is 69.9 Å². The van der Waals surface area contributed by atoms with E-state index in [-0.39, 0.29) is 6.61 Å². The Hall–Kier alpha value is -0.575. The molecule has 4 atom stereocenters. The molecule has 0 aromatic rings. The summed E-state index contributed by atoms with van der Waals surface area (Å²) in [5, 5.41) is 28.6. The summed E-state index contributed by atoms with van der Waals surface area (Å²) in [7, 11) is 5.53. The zero-order valence-corrected chi connectivity index (χ0v) is 8.84. The molecule has 0 spiro atoms. The predicted octanol–water partition coefficient (Wildman–Crippen LogP) is -0.915. The van der Waals surface area contributed by atoms with Gasteiger partial charge in [0.25, 0.3) is 0 Å². The molecule has 1 heterocycles. The molecular formula is C10H15BO4. The lowest BCUT2D eigenvalue weighted by Gasteiger charge is -2.25. The molecule has 0 aliphatic carbocycles. The predicted molar refractivity (Wildman–Crippen MR) is 55.4 cm³/mol. The minimum Gasteiger partial charge on any atom is -0.394 e. The molecule has 2 radical (unpaired) electrons. The van der Waals surface area contributed by atoms with Crippen LogP contribution in [0, 0.1) is 0 Å². The van der Waals surface area contributed by atoms with E-state index in [1.165, 1.54) is 6.08 Å². The second kappa shape index (κ2) is 4.52. The maximum atomic E-state index is 10.0. The fourth-order valence-corrected chi connectivity index (χ4v) is 1.41. The molecule has 0 saturated carbocycles. The number of rotatable bonds is 2. The van der Waals surface area contributed by atoms with Gasteiger partial charge in [-0.2, -0.15) is 0 Å². The van der Waals surface area contributed by atoms with E-state index in [2.05, 4.69) is 5.73 Å². The van der Waals surface area contributed by atoms with Crippen LogP contribution in [0.25, 0.3) is 0 Å². The van der Waals surface area contributed by atoms with Crippen molar-refractivity contribution in [3.8, 4) is 0 Å². The molecule has 4 nitrogen and oxygen atoms in total. The summed E-state index contributed by atoms with van der Waals surface area (Å²) in [4.78, 5) is 0. The van der Waals surface area contributed by atoms with Gasteiger partial charge in [-0.15, -0.1) is 5.73 Å². The highest BCUT2D eigenvalue weighted by Gasteiger charge is 2.50. The SMILES string of the molecule is [B][C@@H]1O[C@H](CO)C(O)C1(O)C=C=C(C)C. The molecular weight excluding hydrogens is 195 g/mol. The highest BCUT2D eigenvalue weighted by molar-refractivity contribution is 6.12. The van der Waals surface area contributed by atoms with Crippen LogP contribution in [-0.4, -0.2) is 53.6 Å². The fraction of sp³-hybridized carbons (Fsp3) is 0.700. The molecule has 0 aromatic heterocycles. The van der Waals surface area contributed by atoms with E-state index in [9.17, 15) is 10.2 Å². The monoisotopic (exact) mass is 210 g/mol. The number of hydrogen-bond donors (Lipinski definition) is 3. The molecule has 0 aromatic carbocycles. The maximum absolute atomic E-state index is 10.0. The van der Waals surface area contributed by atoms with Gasteiger partial charge in [0, 0.05) is 0 Å². The van der Waals surface area contributed by atoms with Crippen LogP contribution in [0.4, 0.5) is 0 Å². The van der Waals surface area contributed by atoms with Crippen LogP contribution in [0.3, 0.4) is 0 Å². The Bertz CT molecular complexity index is 294. The first-order valence-corrected chi connectivity index (χ1v) is 4.75. The number of aliphatic hydroxyl groups excluding tert-OH is 2. The molecule has 3 N–H and O–H groups in total. The highest BCUT2D eigenvalue weighted by Crippen LogP contribution is 2.30. The largest absolute Gasteiger partial charge is 0.394 e. The Morgan fingerprint density at radius 3 is 2.60 bits per heavy atom. The first-order chi connectivity index (χ1) is 6.91. The molecule has 0 amide bonds. The minimum atomic E-state index is -1.69. The summed E-state index contributed by atoms with van der Waals surface area (Å²) in [6, 6.07) is -1.06. The third-order valence-corrected chi connectivity index (χ3v) is 2.38. The molecule has 82 valence electrons. The summed E-state index contributed by atoms with van der Waals surface area (Å²) < 4.78 is 5.02. The van der Waals surface area contributed by atoms with Crippen LogP contribution < -0.4 is 0 Å². The summed E-state index contributed by atoms with van der Waals surface area (Å²) in [6.45, 7) is 3.22. The van der Waals surface area contributed by atoms with Crippen molar-refractivity contribution in [2.75, 3.05) is 6.61 Å². The Morgan fingerprint density at radius 2 is 2.20 bits per heavy atom. The fourth-order valence-electron chi connectivity index (χ4n) is 1.41. The van der Waals surface area contributed by atoms with Gasteiger partial charge in [0.2, 0.25) is 0 Å². The van der Waals surface area contributed by atoms with E-state index in [1.807, 2.05) is 0 Å². The van der Waals surface area contributed by atoms with Crippen molar-refractivity contribution in [2.24, 2.45) is 0 Å². The zero-order valence-electron chi connectivity index (χ0n) is 8.84. The first kappa shape index (κ1) is 12.5. The lowest BCUT2D eigenvalue weighted by atomic mass is 9.80. The van der Waals surface area contributed by atoms with Crippen LogP contribution in [0.2, 0.25) is 0 Å². The van der Waals surface area contributed by atoms with Crippen molar-refractivity contribution in [1.82, 2.24) is 0 Å². The van der Waals surface area contributed by atoms with Crippen LogP contribution in [-0.2, 0) is 4.74 Å². The summed E-state index contributed by atoms with van der Waals surface area (Å²) in [5.41, 5.74) is 1.93. The van der Waals surface area contributed by atoms with Crippen LogP contribution >= 0.6 is 0 Å². The minimum absolute atomic E-state index is 0.389. The van der Waals surface area contributed by atoms with Crippen LogP contribution in [0.1, 0.15) is 13.8 Å².